The van der Waals surface area contributed by atoms with E-state index in [0.717, 1.165) is 21.9 Å². The molecule has 0 bridgehead atoms. The molecule has 0 aliphatic rings. The molecule has 0 spiro atoms. The molecule has 0 aliphatic carbocycles. The van der Waals surface area contributed by atoms with Gasteiger partial charge < -0.3 is 9.84 Å². The smallest absolute Gasteiger partial charge is 0.122 e. The summed E-state index contributed by atoms with van der Waals surface area (Å²) in [6.45, 7) is 1.85. The lowest BCUT2D eigenvalue weighted by atomic mass is 10.1. The molecular formula is C12H14N2O2S. The summed E-state index contributed by atoms with van der Waals surface area (Å²) < 4.78 is 9.08. The van der Waals surface area contributed by atoms with Gasteiger partial charge in [-0.05, 0) is 30.1 Å². The third-order valence-electron chi connectivity index (χ3n) is 2.60. The van der Waals surface area contributed by atoms with Gasteiger partial charge in [0.2, 0.25) is 0 Å². The fourth-order valence-corrected chi connectivity index (χ4v) is 2.34. The highest BCUT2D eigenvalue weighted by molar-refractivity contribution is 7.05. The highest BCUT2D eigenvalue weighted by Gasteiger charge is 2.16. The van der Waals surface area contributed by atoms with Crippen LogP contribution in [-0.4, -0.2) is 21.8 Å². The third kappa shape index (κ3) is 2.62. The molecular weight excluding hydrogens is 236 g/mol. The van der Waals surface area contributed by atoms with Crippen LogP contribution in [0.5, 0.6) is 5.75 Å². The SMILES string of the molecule is COc1ccccc1CC(O)c1snnc1C. The number of aliphatic hydroxyl groups is 1. The minimum Gasteiger partial charge on any atom is -0.496 e. The van der Waals surface area contributed by atoms with Gasteiger partial charge in [0.15, 0.2) is 0 Å². The Hall–Kier alpha value is -1.46. The van der Waals surface area contributed by atoms with Crippen molar-refractivity contribution in [2.45, 2.75) is 19.4 Å². The number of methoxy groups -OCH3 is 1. The van der Waals surface area contributed by atoms with Crippen LogP contribution in [0.3, 0.4) is 0 Å². The van der Waals surface area contributed by atoms with Crippen molar-refractivity contribution in [2.75, 3.05) is 7.11 Å². The number of ether oxygens (including phenoxy) is 1. The normalized spacial score (nSPS) is 12.4. The van der Waals surface area contributed by atoms with Crippen molar-refractivity contribution < 1.29 is 9.84 Å². The number of para-hydroxylation sites is 1. The van der Waals surface area contributed by atoms with E-state index >= 15 is 0 Å². The molecule has 0 saturated carbocycles. The zero-order chi connectivity index (χ0) is 12.3. The average Bonchev–Trinajstić information content (AvgIpc) is 2.76. The summed E-state index contributed by atoms with van der Waals surface area (Å²) in [6, 6.07) is 7.68. The van der Waals surface area contributed by atoms with Gasteiger partial charge in [0.1, 0.15) is 5.75 Å². The molecule has 2 rings (SSSR count). The van der Waals surface area contributed by atoms with Crippen LogP contribution in [0.15, 0.2) is 24.3 Å². The van der Waals surface area contributed by atoms with Gasteiger partial charge in [-0.3, -0.25) is 0 Å². The predicted molar refractivity (Wildman–Crippen MR) is 66.3 cm³/mol. The molecule has 17 heavy (non-hydrogen) atoms. The maximum Gasteiger partial charge on any atom is 0.122 e. The zero-order valence-corrected chi connectivity index (χ0v) is 10.6. The fraction of sp³-hybridized carbons (Fsp3) is 0.333. The van der Waals surface area contributed by atoms with Crippen molar-refractivity contribution in [3.63, 3.8) is 0 Å². The van der Waals surface area contributed by atoms with Crippen LogP contribution < -0.4 is 4.74 Å². The molecule has 1 N–H and O–H groups in total. The summed E-state index contributed by atoms with van der Waals surface area (Å²) >= 11 is 1.24. The van der Waals surface area contributed by atoms with Crippen LogP contribution >= 0.6 is 11.5 Å². The Morgan fingerprint density at radius 1 is 1.41 bits per heavy atom. The van der Waals surface area contributed by atoms with E-state index < -0.39 is 6.10 Å². The molecule has 0 radical (unpaired) electrons. The van der Waals surface area contributed by atoms with E-state index in [-0.39, 0.29) is 0 Å². The third-order valence-corrected chi connectivity index (χ3v) is 3.52. The first-order chi connectivity index (χ1) is 8.22. The molecule has 1 heterocycles. The van der Waals surface area contributed by atoms with Crippen molar-refractivity contribution in [1.29, 1.82) is 0 Å². The molecule has 0 aliphatic heterocycles. The number of aliphatic hydroxyl groups excluding tert-OH is 1. The van der Waals surface area contributed by atoms with Gasteiger partial charge in [-0.1, -0.05) is 22.7 Å². The largest absolute Gasteiger partial charge is 0.496 e. The summed E-state index contributed by atoms with van der Waals surface area (Å²) in [6.07, 6.45) is -0.0688. The van der Waals surface area contributed by atoms with Crippen molar-refractivity contribution in [2.24, 2.45) is 0 Å². The van der Waals surface area contributed by atoms with Gasteiger partial charge in [-0.25, -0.2) is 0 Å². The molecule has 5 heteroatoms. The summed E-state index contributed by atoms with van der Waals surface area (Å²) in [5.74, 6) is 0.793. The number of aromatic nitrogens is 2. The summed E-state index contributed by atoms with van der Waals surface area (Å²) in [7, 11) is 1.63. The lowest BCUT2D eigenvalue weighted by Crippen LogP contribution is -2.03. The predicted octanol–water partition coefficient (Wildman–Crippen LogP) is 2.13. The van der Waals surface area contributed by atoms with Gasteiger partial charge in [-0.2, -0.15) is 0 Å². The molecule has 1 atom stereocenters. The zero-order valence-electron chi connectivity index (χ0n) is 9.75. The summed E-state index contributed by atoms with van der Waals surface area (Å²) in [5, 5.41) is 14.0. The first kappa shape index (κ1) is 12.0. The second-order valence-electron chi connectivity index (χ2n) is 3.75. The van der Waals surface area contributed by atoms with Crippen LogP contribution in [0.4, 0.5) is 0 Å². The molecule has 2 aromatic rings. The van der Waals surface area contributed by atoms with E-state index in [4.69, 9.17) is 4.74 Å². The lowest BCUT2D eigenvalue weighted by molar-refractivity contribution is 0.180. The summed E-state index contributed by atoms with van der Waals surface area (Å²) in [5.41, 5.74) is 1.77. The van der Waals surface area contributed by atoms with Crippen molar-refractivity contribution in [3.8, 4) is 5.75 Å². The number of aryl methyl sites for hydroxylation is 1. The molecule has 1 unspecified atom stereocenters. The molecule has 4 nitrogen and oxygen atoms in total. The Balaban J connectivity index is 2.18. The Kier molecular flexibility index (Phi) is 3.71. The van der Waals surface area contributed by atoms with Gasteiger partial charge in [-0.15, -0.1) is 5.10 Å². The van der Waals surface area contributed by atoms with E-state index in [9.17, 15) is 5.11 Å². The Labute approximate surface area is 104 Å². The van der Waals surface area contributed by atoms with Crippen LogP contribution in [0.25, 0.3) is 0 Å². The minimum atomic E-state index is -0.578. The van der Waals surface area contributed by atoms with Gasteiger partial charge >= 0.3 is 0 Å². The Morgan fingerprint density at radius 3 is 2.82 bits per heavy atom. The second kappa shape index (κ2) is 5.25. The highest BCUT2D eigenvalue weighted by Crippen LogP contribution is 2.27. The fourth-order valence-electron chi connectivity index (χ4n) is 1.72. The van der Waals surface area contributed by atoms with Crippen LogP contribution in [0.1, 0.15) is 22.2 Å². The number of benzene rings is 1. The number of hydrogen-bond donors (Lipinski definition) is 1. The molecule has 1 aromatic heterocycles. The lowest BCUT2D eigenvalue weighted by Gasteiger charge is -2.11. The van der Waals surface area contributed by atoms with Gasteiger partial charge in [0.25, 0.3) is 0 Å². The van der Waals surface area contributed by atoms with Crippen molar-refractivity contribution in [3.05, 3.63) is 40.4 Å². The van der Waals surface area contributed by atoms with Gasteiger partial charge in [0, 0.05) is 6.42 Å². The number of nitrogens with zero attached hydrogens (tertiary/aromatic N) is 2. The molecule has 0 fully saturated rings. The minimum absolute atomic E-state index is 0.509. The summed E-state index contributed by atoms with van der Waals surface area (Å²) in [4.78, 5) is 0.816. The maximum absolute atomic E-state index is 10.1. The standard InChI is InChI=1S/C12H14N2O2S/c1-8-12(17-14-13-8)10(15)7-9-5-3-4-6-11(9)16-2/h3-6,10,15H,7H2,1-2H3. The molecule has 90 valence electrons. The molecule has 1 aromatic carbocycles. The van der Waals surface area contributed by atoms with E-state index in [2.05, 4.69) is 9.59 Å². The maximum atomic E-state index is 10.1. The van der Waals surface area contributed by atoms with E-state index in [0.29, 0.717) is 6.42 Å². The van der Waals surface area contributed by atoms with Crippen molar-refractivity contribution >= 4 is 11.5 Å². The average molecular weight is 250 g/mol. The first-order valence-electron chi connectivity index (χ1n) is 5.31. The van der Waals surface area contributed by atoms with Crippen LogP contribution in [-0.2, 0) is 6.42 Å². The van der Waals surface area contributed by atoms with Crippen LogP contribution in [0, 0.1) is 6.92 Å². The molecule has 0 amide bonds. The monoisotopic (exact) mass is 250 g/mol. The topological polar surface area (TPSA) is 55.2 Å². The Morgan fingerprint density at radius 2 is 2.18 bits per heavy atom. The van der Waals surface area contributed by atoms with E-state index in [1.165, 1.54) is 11.5 Å². The highest BCUT2D eigenvalue weighted by atomic mass is 32.1. The van der Waals surface area contributed by atoms with Crippen LogP contribution in [0.2, 0.25) is 0 Å². The van der Waals surface area contributed by atoms with Gasteiger partial charge in [0.05, 0.1) is 23.8 Å². The number of hydrogen-bond acceptors (Lipinski definition) is 5. The quantitative estimate of drug-likeness (QED) is 0.903. The number of rotatable bonds is 4. The molecule has 0 saturated heterocycles. The first-order valence-corrected chi connectivity index (χ1v) is 6.08. The van der Waals surface area contributed by atoms with E-state index in [1.54, 1.807) is 7.11 Å². The Bertz CT molecular complexity index is 499. The van der Waals surface area contributed by atoms with Crippen molar-refractivity contribution in [1.82, 2.24) is 9.59 Å². The van der Waals surface area contributed by atoms with E-state index in [1.807, 2.05) is 31.2 Å². The second-order valence-corrected chi connectivity index (χ2v) is 4.54.